The Morgan fingerprint density at radius 2 is 1.93 bits per heavy atom. The van der Waals surface area contributed by atoms with Crippen LogP contribution in [0.25, 0.3) is 0 Å². The Balaban J connectivity index is 2.73. The zero-order valence-electron chi connectivity index (χ0n) is 9.53. The first-order chi connectivity index (χ1) is 7.04. The van der Waals surface area contributed by atoms with E-state index in [-0.39, 0.29) is 5.97 Å². The molecule has 0 aliphatic rings. The van der Waals surface area contributed by atoms with E-state index < -0.39 is 6.10 Å². The lowest BCUT2D eigenvalue weighted by Crippen LogP contribution is -2.24. The Labute approximate surface area is 90.0 Å². The maximum absolute atomic E-state index is 11.1. The minimum atomic E-state index is -0.572. The largest absolute Gasteiger partial charge is 0.479 e. The molecule has 3 heteroatoms. The summed E-state index contributed by atoms with van der Waals surface area (Å²) in [6.45, 7) is 5.70. The van der Waals surface area contributed by atoms with Crippen LogP contribution in [0.1, 0.15) is 18.1 Å². The summed E-state index contributed by atoms with van der Waals surface area (Å²) in [5, 5.41) is 0. The third kappa shape index (κ3) is 2.98. The van der Waals surface area contributed by atoms with Gasteiger partial charge in [-0.15, -0.1) is 0 Å². The number of hydrogen-bond donors (Lipinski definition) is 0. The first kappa shape index (κ1) is 11.6. The molecule has 1 aromatic rings. The number of benzene rings is 1. The molecule has 82 valence electrons. The molecule has 15 heavy (non-hydrogen) atoms. The van der Waals surface area contributed by atoms with Gasteiger partial charge in [0.05, 0.1) is 7.11 Å². The monoisotopic (exact) mass is 208 g/mol. The van der Waals surface area contributed by atoms with Crippen molar-refractivity contribution >= 4 is 5.97 Å². The summed E-state index contributed by atoms with van der Waals surface area (Å²) in [5.41, 5.74) is 2.35. The van der Waals surface area contributed by atoms with E-state index in [1.54, 1.807) is 6.92 Å². The Bertz CT molecular complexity index is 358. The molecule has 0 spiro atoms. The van der Waals surface area contributed by atoms with Crippen LogP contribution in [-0.2, 0) is 9.53 Å². The lowest BCUT2D eigenvalue weighted by Gasteiger charge is -2.13. The molecular formula is C12H16O3. The van der Waals surface area contributed by atoms with Gasteiger partial charge < -0.3 is 9.47 Å². The number of aryl methyl sites for hydroxylation is 2. The van der Waals surface area contributed by atoms with Crippen molar-refractivity contribution in [2.24, 2.45) is 0 Å². The van der Waals surface area contributed by atoms with Gasteiger partial charge in [0.2, 0.25) is 0 Å². The van der Waals surface area contributed by atoms with Gasteiger partial charge in [-0.1, -0.05) is 6.07 Å². The standard InChI is InChI=1S/C12H16O3/c1-8-5-6-11(7-9(8)2)15-10(3)12(13)14-4/h5-7,10H,1-4H3/t10-/m0/s1. The number of carbonyl (C=O) groups excluding carboxylic acids is 1. The predicted molar refractivity (Wildman–Crippen MR) is 58.0 cm³/mol. The molecule has 0 aliphatic carbocycles. The fraction of sp³-hybridized carbons (Fsp3) is 0.417. The van der Waals surface area contributed by atoms with Gasteiger partial charge in [-0.25, -0.2) is 4.79 Å². The molecule has 1 rings (SSSR count). The molecule has 0 bridgehead atoms. The van der Waals surface area contributed by atoms with Crippen LogP contribution in [-0.4, -0.2) is 19.2 Å². The number of hydrogen-bond acceptors (Lipinski definition) is 3. The molecule has 1 aromatic carbocycles. The summed E-state index contributed by atoms with van der Waals surface area (Å²) in [7, 11) is 1.35. The number of methoxy groups -OCH3 is 1. The quantitative estimate of drug-likeness (QED) is 0.715. The first-order valence-corrected chi connectivity index (χ1v) is 4.86. The maximum Gasteiger partial charge on any atom is 0.346 e. The number of carbonyl (C=O) groups is 1. The van der Waals surface area contributed by atoms with Crippen LogP contribution in [0.15, 0.2) is 18.2 Å². The summed E-state index contributed by atoms with van der Waals surface area (Å²) in [5.74, 6) is 0.323. The molecule has 0 aliphatic heterocycles. The highest BCUT2D eigenvalue weighted by molar-refractivity contribution is 5.74. The zero-order valence-corrected chi connectivity index (χ0v) is 9.53. The van der Waals surface area contributed by atoms with Crippen LogP contribution in [0.3, 0.4) is 0 Å². The number of ether oxygens (including phenoxy) is 2. The second-order valence-corrected chi connectivity index (χ2v) is 3.53. The average molecular weight is 208 g/mol. The van der Waals surface area contributed by atoms with Gasteiger partial charge >= 0.3 is 5.97 Å². The first-order valence-electron chi connectivity index (χ1n) is 4.86. The van der Waals surface area contributed by atoms with E-state index in [4.69, 9.17) is 4.74 Å². The highest BCUT2D eigenvalue weighted by Crippen LogP contribution is 2.17. The van der Waals surface area contributed by atoms with E-state index in [0.29, 0.717) is 5.75 Å². The second-order valence-electron chi connectivity index (χ2n) is 3.53. The topological polar surface area (TPSA) is 35.5 Å². The maximum atomic E-state index is 11.1. The van der Waals surface area contributed by atoms with Crippen molar-refractivity contribution in [3.05, 3.63) is 29.3 Å². The van der Waals surface area contributed by atoms with Crippen molar-refractivity contribution < 1.29 is 14.3 Å². The molecule has 1 atom stereocenters. The molecule has 0 radical (unpaired) electrons. The third-order valence-corrected chi connectivity index (χ3v) is 2.32. The van der Waals surface area contributed by atoms with Crippen LogP contribution >= 0.6 is 0 Å². The van der Waals surface area contributed by atoms with Gasteiger partial charge in [0.15, 0.2) is 6.10 Å². The van der Waals surface area contributed by atoms with Gasteiger partial charge in [0, 0.05) is 0 Å². The smallest absolute Gasteiger partial charge is 0.346 e. The van der Waals surface area contributed by atoms with Crippen molar-refractivity contribution in [3.63, 3.8) is 0 Å². The van der Waals surface area contributed by atoms with E-state index in [1.165, 1.54) is 12.7 Å². The molecular weight excluding hydrogens is 192 g/mol. The van der Waals surface area contributed by atoms with Crippen LogP contribution < -0.4 is 4.74 Å². The van der Waals surface area contributed by atoms with Crippen molar-refractivity contribution in [3.8, 4) is 5.75 Å². The molecule has 0 fully saturated rings. The lowest BCUT2D eigenvalue weighted by molar-refractivity contribution is -0.147. The summed E-state index contributed by atoms with van der Waals surface area (Å²) in [6, 6.07) is 5.73. The zero-order chi connectivity index (χ0) is 11.4. The van der Waals surface area contributed by atoms with E-state index in [1.807, 2.05) is 32.0 Å². The van der Waals surface area contributed by atoms with E-state index >= 15 is 0 Å². The van der Waals surface area contributed by atoms with Gasteiger partial charge in [-0.3, -0.25) is 0 Å². The second kappa shape index (κ2) is 4.82. The van der Waals surface area contributed by atoms with Crippen LogP contribution in [0.5, 0.6) is 5.75 Å². The summed E-state index contributed by atoms with van der Waals surface area (Å²) >= 11 is 0. The van der Waals surface area contributed by atoms with Gasteiger partial charge in [-0.2, -0.15) is 0 Å². The van der Waals surface area contributed by atoms with Gasteiger partial charge in [0.1, 0.15) is 5.75 Å². The highest BCUT2D eigenvalue weighted by Gasteiger charge is 2.14. The predicted octanol–water partition coefficient (Wildman–Crippen LogP) is 2.24. The summed E-state index contributed by atoms with van der Waals surface area (Å²) in [6.07, 6.45) is -0.572. The average Bonchev–Trinajstić information content (AvgIpc) is 2.22. The van der Waals surface area contributed by atoms with Crippen molar-refractivity contribution in [1.29, 1.82) is 0 Å². The van der Waals surface area contributed by atoms with Crippen LogP contribution in [0, 0.1) is 13.8 Å². The molecule has 0 heterocycles. The van der Waals surface area contributed by atoms with E-state index in [9.17, 15) is 4.79 Å². The van der Waals surface area contributed by atoms with Crippen LogP contribution in [0.4, 0.5) is 0 Å². The fourth-order valence-electron chi connectivity index (χ4n) is 1.21. The molecule has 0 N–H and O–H groups in total. The van der Waals surface area contributed by atoms with Gasteiger partial charge in [-0.05, 0) is 44.0 Å². The molecule has 0 saturated heterocycles. The van der Waals surface area contributed by atoms with Crippen molar-refractivity contribution in [2.75, 3.05) is 7.11 Å². The van der Waals surface area contributed by atoms with E-state index in [0.717, 1.165) is 5.56 Å². The van der Waals surface area contributed by atoms with Crippen LogP contribution in [0.2, 0.25) is 0 Å². The van der Waals surface area contributed by atoms with E-state index in [2.05, 4.69) is 4.74 Å². The Hall–Kier alpha value is -1.51. The highest BCUT2D eigenvalue weighted by atomic mass is 16.6. The Morgan fingerprint density at radius 1 is 1.27 bits per heavy atom. The normalized spacial score (nSPS) is 12.0. The van der Waals surface area contributed by atoms with Gasteiger partial charge in [0.25, 0.3) is 0 Å². The molecule has 0 aromatic heterocycles. The number of esters is 1. The minimum absolute atomic E-state index is 0.367. The third-order valence-electron chi connectivity index (χ3n) is 2.32. The van der Waals surface area contributed by atoms with Crippen molar-refractivity contribution in [1.82, 2.24) is 0 Å². The molecule has 0 saturated carbocycles. The summed E-state index contributed by atoms with van der Waals surface area (Å²) in [4.78, 5) is 11.1. The minimum Gasteiger partial charge on any atom is -0.479 e. The Morgan fingerprint density at radius 3 is 2.47 bits per heavy atom. The SMILES string of the molecule is COC(=O)[C@H](C)Oc1ccc(C)c(C)c1. The van der Waals surface area contributed by atoms with Crippen molar-refractivity contribution in [2.45, 2.75) is 26.9 Å². The lowest BCUT2D eigenvalue weighted by atomic mass is 10.1. The summed E-state index contributed by atoms with van der Waals surface area (Å²) < 4.78 is 10.0. The molecule has 3 nitrogen and oxygen atoms in total. The Kier molecular flexibility index (Phi) is 3.72. The molecule has 0 amide bonds. The number of rotatable bonds is 3. The fourth-order valence-corrected chi connectivity index (χ4v) is 1.21. The molecule has 0 unspecified atom stereocenters.